The van der Waals surface area contributed by atoms with Crippen molar-refractivity contribution in [3.8, 4) is 0 Å². The molecule has 1 aliphatic carbocycles. The highest BCUT2D eigenvalue weighted by Crippen LogP contribution is 2.33. The van der Waals surface area contributed by atoms with E-state index in [2.05, 4.69) is 20.9 Å². The number of nitrogens with two attached hydrogens (primary N) is 1. The predicted octanol–water partition coefficient (Wildman–Crippen LogP) is 2.96. The highest BCUT2D eigenvalue weighted by molar-refractivity contribution is 9.10. The predicted molar refractivity (Wildman–Crippen MR) is 60.9 cm³/mol. The van der Waals surface area contributed by atoms with E-state index in [1.807, 2.05) is 18.3 Å². The summed E-state index contributed by atoms with van der Waals surface area (Å²) in [4.78, 5) is 4.40. The van der Waals surface area contributed by atoms with Gasteiger partial charge in [-0.1, -0.05) is 19.3 Å². The molecule has 0 aromatic carbocycles. The van der Waals surface area contributed by atoms with Crippen LogP contribution in [0.4, 0.5) is 0 Å². The van der Waals surface area contributed by atoms with Gasteiger partial charge in [-0.2, -0.15) is 0 Å². The number of hydrogen-bond acceptors (Lipinski definition) is 2. The first-order chi connectivity index (χ1) is 6.71. The van der Waals surface area contributed by atoms with Gasteiger partial charge in [0.2, 0.25) is 0 Å². The number of pyridine rings is 1. The van der Waals surface area contributed by atoms with E-state index >= 15 is 0 Å². The van der Waals surface area contributed by atoms with Crippen LogP contribution in [-0.2, 0) is 5.54 Å². The molecule has 3 heteroatoms. The van der Waals surface area contributed by atoms with Gasteiger partial charge in [-0.15, -0.1) is 0 Å². The smallest absolute Gasteiger partial charge is 0.0603 e. The highest BCUT2D eigenvalue weighted by Gasteiger charge is 2.30. The molecule has 0 aliphatic heterocycles. The molecule has 2 rings (SSSR count). The first-order valence-electron chi connectivity index (χ1n) is 5.12. The molecule has 1 fully saturated rings. The van der Waals surface area contributed by atoms with Crippen molar-refractivity contribution < 1.29 is 0 Å². The normalized spacial score (nSPS) is 20.7. The van der Waals surface area contributed by atoms with E-state index in [4.69, 9.17) is 5.73 Å². The Morgan fingerprint density at radius 3 is 2.50 bits per heavy atom. The average molecular weight is 255 g/mol. The van der Waals surface area contributed by atoms with Gasteiger partial charge in [-0.25, -0.2) is 0 Å². The fraction of sp³-hybridized carbons (Fsp3) is 0.545. The molecule has 0 atom stereocenters. The third-order valence-corrected chi connectivity index (χ3v) is 3.45. The maximum Gasteiger partial charge on any atom is 0.0603 e. The van der Waals surface area contributed by atoms with Gasteiger partial charge in [-0.05, 0) is 40.9 Å². The van der Waals surface area contributed by atoms with Crippen LogP contribution in [0.25, 0.3) is 0 Å². The largest absolute Gasteiger partial charge is 0.320 e. The van der Waals surface area contributed by atoms with Crippen molar-refractivity contribution in [2.24, 2.45) is 5.73 Å². The van der Waals surface area contributed by atoms with Gasteiger partial charge in [0.25, 0.3) is 0 Å². The lowest BCUT2D eigenvalue weighted by atomic mass is 9.80. The number of hydrogen-bond donors (Lipinski definition) is 1. The van der Waals surface area contributed by atoms with E-state index in [0.717, 1.165) is 23.0 Å². The van der Waals surface area contributed by atoms with Crippen LogP contribution in [0.5, 0.6) is 0 Å². The summed E-state index contributed by atoms with van der Waals surface area (Å²) < 4.78 is 1.01. The number of halogens is 1. The Kier molecular flexibility index (Phi) is 2.88. The topological polar surface area (TPSA) is 38.9 Å². The quantitative estimate of drug-likeness (QED) is 0.837. The van der Waals surface area contributed by atoms with Crippen molar-refractivity contribution in [2.75, 3.05) is 0 Å². The van der Waals surface area contributed by atoms with Crippen molar-refractivity contribution in [3.63, 3.8) is 0 Å². The fourth-order valence-electron chi connectivity index (χ4n) is 2.11. The minimum absolute atomic E-state index is 0.168. The van der Waals surface area contributed by atoms with Crippen molar-refractivity contribution in [3.05, 3.63) is 28.5 Å². The van der Waals surface area contributed by atoms with Crippen molar-refractivity contribution in [2.45, 2.75) is 37.6 Å². The summed E-state index contributed by atoms with van der Waals surface area (Å²) in [6, 6.07) is 4.06. The maximum atomic E-state index is 6.35. The average Bonchev–Trinajstić information content (AvgIpc) is 2.19. The molecule has 2 nitrogen and oxygen atoms in total. The molecule has 0 saturated heterocycles. The van der Waals surface area contributed by atoms with Crippen LogP contribution in [0.3, 0.4) is 0 Å². The lowest BCUT2D eigenvalue weighted by Gasteiger charge is -2.32. The Morgan fingerprint density at radius 1 is 1.21 bits per heavy atom. The van der Waals surface area contributed by atoms with E-state index in [1.165, 1.54) is 19.3 Å². The molecule has 0 bridgehead atoms. The zero-order valence-electron chi connectivity index (χ0n) is 8.17. The van der Waals surface area contributed by atoms with Crippen molar-refractivity contribution in [1.29, 1.82) is 0 Å². The molecule has 1 saturated carbocycles. The molecule has 1 aromatic rings. The zero-order chi connectivity index (χ0) is 10.0. The summed E-state index contributed by atoms with van der Waals surface area (Å²) in [5, 5.41) is 0. The maximum absolute atomic E-state index is 6.35. The Balaban J connectivity index is 2.23. The van der Waals surface area contributed by atoms with Gasteiger partial charge in [0.1, 0.15) is 0 Å². The molecule has 1 aliphatic rings. The molecular formula is C11H15BrN2. The summed E-state index contributed by atoms with van der Waals surface area (Å²) >= 11 is 3.38. The first kappa shape index (κ1) is 10.1. The summed E-state index contributed by atoms with van der Waals surface area (Å²) in [5.74, 6) is 0. The SMILES string of the molecule is NC1(c2ccc(Br)cn2)CCCCC1. The van der Waals surface area contributed by atoms with Gasteiger partial charge in [0.05, 0.1) is 11.2 Å². The number of aromatic nitrogens is 1. The van der Waals surface area contributed by atoms with Gasteiger partial charge in [-0.3, -0.25) is 4.98 Å². The summed E-state index contributed by atoms with van der Waals surface area (Å²) in [6.45, 7) is 0. The van der Waals surface area contributed by atoms with E-state index in [-0.39, 0.29) is 5.54 Å². The summed E-state index contributed by atoms with van der Waals surface area (Å²) in [5.41, 5.74) is 7.23. The van der Waals surface area contributed by atoms with E-state index in [1.54, 1.807) is 0 Å². The fourth-order valence-corrected chi connectivity index (χ4v) is 2.34. The minimum Gasteiger partial charge on any atom is -0.320 e. The molecular weight excluding hydrogens is 240 g/mol. The molecule has 76 valence electrons. The second kappa shape index (κ2) is 3.99. The van der Waals surface area contributed by atoms with Crippen LogP contribution < -0.4 is 5.73 Å². The monoisotopic (exact) mass is 254 g/mol. The van der Waals surface area contributed by atoms with E-state index in [0.29, 0.717) is 0 Å². The third kappa shape index (κ3) is 1.98. The molecule has 1 aromatic heterocycles. The molecule has 14 heavy (non-hydrogen) atoms. The van der Waals surface area contributed by atoms with Gasteiger partial charge in [0.15, 0.2) is 0 Å². The van der Waals surface area contributed by atoms with Crippen LogP contribution in [0, 0.1) is 0 Å². The van der Waals surface area contributed by atoms with Crippen LogP contribution in [0.2, 0.25) is 0 Å². The third-order valence-electron chi connectivity index (χ3n) is 2.98. The van der Waals surface area contributed by atoms with Crippen molar-refractivity contribution >= 4 is 15.9 Å². The number of rotatable bonds is 1. The Bertz CT molecular complexity index is 302. The second-order valence-electron chi connectivity index (χ2n) is 4.08. The molecule has 2 N–H and O–H groups in total. The van der Waals surface area contributed by atoms with Crippen LogP contribution in [0.15, 0.2) is 22.8 Å². The Labute approximate surface area is 93.0 Å². The standard InChI is InChI=1S/C11H15BrN2/c12-9-4-5-10(14-8-9)11(13)6-2-1-3-7-11/h4-5,8H,1-3,6-7,13H2. The Hall–Kier alpha value is -0.410. The van der Waals surface area contributed by atoms with E-state index in [9.17, 15) is 0 Å². The van der Waals surface area contributed by atoms with Gasteiger partial charge >= 0.3 is 0 Å². The summed E-state index contributed by atoms with van der Waals surface area (Å²) in [6.07, 6.45) is 7.75. The van der Waals surface area contributed by atoms with Crippen LogP contribution in [0.1, 0.15) is 37.8 Å². The molecule has 1 heterocycles. The van der Waals surface area contributed by atoms with Crippen LogP contribution in [-0.4, -0.2) is 4.98 Å². The van der Waals surface area contributed by atoms with Crippen molar-refractivity contribution in [1.82, 2.24) is 4.98 Å². The van der Waals surface area contributed by atoms with Crippen LogP contribution >= 0.6 is 15.9 Å². The van der Waals surface area contributed by atoms with Gasteiger partial charge in [0, 0.05) is 10.7 Å². The molecule has 0 amide bonds. The Morgan fingerprint density at radius 2 is 1.93 bits per heavy atom. The zero-order valence-corrected chi connectivity index (χ0v) is 9.76. The second-order valence-corrected chi connectivity index (χ2v) is 4.99. The lowest BCUT2D eigenvalue weighted by Crippen LogP contribution is -2.39. The lowest BCUT2D eigenvalue weighted by molar-refractivity contribution is 0.295. The highest BCUT2D eigenvalue weighted by atomic mass is 79.9. The molecule has 0 unspecified atom stereocenters. The van der Waals surface area contributed by atoms with Gasteiger partial charge < -0.3 is 5.73 Å². The minimum atomic E-state index is -0.168. The molecule has 0 spiro atoms. The number of nitrogens with zero attached hydrogens (tertiary/aromatic N) is 1. The summed E-state index contributed by atoms with van der Waals surface area (Å²) in [7, 11) is 0. The van der Waals surface area contributed by atoms with E-state index < -0.39 is 0 Å². The molecule has 0 radical (unpaired) electrons. The first-order valence-corrected chi connectivity index (χ1v) is 5.91.